The van der Waals surface area contributed by atoms with E-state index in [0.717, 1.165) is 34.4 Å². The van der Waals surface area contributed by atoms with E-state index in [1.807, 2.05) is 19.1 Å². The van der Waals surface area contributed by atoms with Crippen molar-refractivity contribution >= 4 is 73.5 Å². The van der Waals surface area contributed by atoms with Gasteiger partial charge in [0.25, 0.3) is 5.91 Å². The van der Waals surface area contributed by atoms with Gasteiger partial charge in [-0.3, -0.25) is 9.69 Å². The number of nitrogens with zero attached hydrogens (tertiary/aromatic N) is 1. The van der Waals surface area contributed by atoms with Gasteiger partial charge in [-0.15, -0.1) is 0 Å². The van der Waals surface area contributed by atoms with Crippen molar-refractivity contribution in [2.24, 2.45) is 0 Å². The Morgan fingerprint density at radius 3 is 2.51 bits per heavy atom. The zero-order valence-electron chi connectivity index (χ0n) is 19.1. The number of thioether (sulfide) groups is 1. The monoisotopic (exact) mass is 627 g/mol. The number of alkyl halides is 3. The predicted molar refractivity (Wildman–Crippen MR) is 148 cm³/mol. The van der Waals surface area contributed by atoms with Crippen LogP contribution in [0.4, 0.5) is 18.9 Å². The molecule has 0 atom stereocenters. The van der Waals surface area contributed by atoms with E-state index in [1.165, 1.54) is 12.1 Å². The Kier molecular flexibility index (Phi) is 8.52. The molecule has 0 unspecified atom stereocenters. The Labute approximate surface area is 234 Å². The van der Waals surface area contributed by atoms with Crippen molar-refractivity contribution < 1.29 is 27.4 Å². The molecule has 1 heterocycles. The molecule has 11 heteroatoms. The van der Waals surface area contributed by atoms with E-state index in [9.17, 15) is 18.0 Å². The second-order valence-corrected chi connectivity index (χ2v) is 10.7. The van der Waals surface area contributed by atoms with Gasteiger partial charge in [0.15, 0.2) is 15.8 Å². The average molecular weight is 629 g/mol. The van der Waals surface area contributed by atoms with Crippen LogP contribution in [-0.2, 0) is 17.6 Å². The number of carbonyl (C=O) groups is 1. The third kappa shape index (κ3) is 6.49. The Bertz CT molecular complexity index is 1380. The maximum atomic E-state index is 13.2. The van der Waals surface area contributed by atoms with Gasteiger partial charge in [-0.25, -0.2) is 0 Å². The minimum absolute atomic E-state index is 0.0582. The van der Waals surface area contributed by atoms with Crippen molar-refractivity contribution in [3.8, 4) is 11.5 Å². The van der Waals surface area contributed by atoms with E-state index >= 15 is 0 Å². The van der Waals surface area contributed by atoms with Crippen molar-refractivity contribution in [3.05, 3.63) is 91.8 Å². The van der Waals surface area contributed by atoms with Crippen LogP contribution in [0.25, 0.3) is 6.08 Å². The van der Waals surface area contributed by atoms with Crippen LogP contribution in [0, 0.1) is 0 Å². The Morgan fingerprint density at radius 2 is 1.84 bits per heavy atom. The van der Waals surface area contributed by atoms with Gasteiger partial charge in [0.05, 0.1) is 27.2 Å². The molecule has 0 bridgehead atoms. The molecule has 4 nitrogen and oxygen atoms in total. The molecule has 0 saturated carbocycles. The topological polar surface area (TPSA) is 38.8 Å². The van der Waals surface area contributed by atoms with Crippen molar-refractivity contribution in [1.82, 2.24) is 0 Å². The molecule has 4 rings (SSSR count). The third-order valence-corrected chi connectivity index (χ3v) is 7.29. The summed E-state index contributed by atoms with van der Waals surface area (Å²) in [4.78, 5) is 14.5. The van der Waals surface area contributed by atoms with Gasteiger partial charge >= 0.3 is 6.18 Å². The van der Waals surface area contributed by atoms with Crippen molar-refractivity contribution in [3.63, 3.8) is 0 Å². The first kappa shape index (κ1) is 27.5. The van der Waals surface area contributed by atoms with Crippen molar-refractivity contribution in [1.29, 1.82) is 0 Å². The normalized spacial score (nSPS) is 15.0. The largest absolute Gasteiger partial charge is 0.490 e. The first-order valence-electron chi connectivity index (χ1n) is 10.9. The Hall–Kier alpha value is -2.53. The molecule has 1 saturated heterocycles. The minimum Gasteiger partial charge on any atom is -0.490 e. The van der Waals surface area contributed by atoms with Crippen LogP contribution in [0.2, 0.25) is 5.02 Å². The van der Waals surface area contributed by atoms with Crippen LogP contribution in [-0.4, -0.2) is 16.8 Å². The molecule has 192 valence electrons. The zero-order valence-corrected chi connectivity index (χ0v) is 23.1. The second-order valence-electron chi connectivity index (χ2n) is 7.74. The standard InChI is InChI=1S/C26H18BrClF3NO3S2/c1-2-34-21-11-16(10-20(27)23(21)35-14-15-6-8-18(28)9-7-15)12-22-24(33)32(25(36)37-22)19-5-3-4-17(13-19)26(29,30)31/h3-13H,2,14H2,1H3/b22-12-. The summed E-state index contributed by atoms with van der Waals surface area (Å²) in [6, 6.07) is 15.3. The summed E-state index contributed by atoms with van der Waals surface area (Å²) in [5.41, 5.74) is 0.741. The highest BCUT2D eigenvalue weighted by molar-refractivity contribution is 9.10. The molecule has 3 aromatic carbocycles. The fourth-order valence-electron chi connectivity index (χ4n) is 3.47. The molecular formula is C26H18BrClF3NO3S2. The van der Waals surface area contributed by atoms with E-state index in [0.29, 0.717) is 33.2 Å². The number of rotatable bonds is 7. The summed E-state index contributed by atoms with van der Waals surface area (Å²) >= 11 is 15.8. The lowest BCUT2D eigenvalue weighted by Crippen LogP contribution is -2.27. The summed E-state index contributed by atoms with van der Waals surface area (Å²) in [6.07, 6.45) is -2.92. The van der Waals surface area contributed by atoms with E-state index in [-0.39, 0.29) is 21.5 Å². The van der Waals surface area contributed by atoms with Crippen LogP contribution >= 0.6 is 51.5 Å². The lowest BCUT2D eigenvalue weighted by atomic mass is 10.1. The first-order chi connectivity index (χ1) is 17.6. The molecule has 0 aromatic heterocycles. The fraction of sp³-hybridized carbons (Fsp3) is 0.154. The number of anilines is 1. The number of ether oxygens (including phenoxy) is 2. The second kappa shape index (κ2) is 11.5. The predicted octanol–water partition coefficient (Wildman–Crippen LogP) is 8.50. The number of hydrogen-bond donors (Lipinski definition) is 0. The summed E-state index contributed by atoms with van der Waals surface area (Å²) in [5, 5.41) is 0.628. The number of amides is 1. The quantitative estimate of drug-likeness (QED) is 0.194. The molecule has 1 amide bonds. The van der Waals surface area contributed by atoms with Gasteiger partial charge < -0.3 is 9.47 Å². The summed E-state index contributed by atoms with van der Waals surface area (Å²) < 4.78 is 52.0. The van der Waals surface area contributed by atoms with Crippen LogP contribution in [0.15, 0.2) is 70.0 Å². The molecule has 0 radical (unpaired) electrons. The van der Waals surface area contributed by atoms with Crippen molar-refractivity contribution in [2.75, 3.05) is 11.5 Å². The van der Waals surface area contributed by atoms with Crippen molar-refractivity contribution in [2.45, 2.75) is 19.7 Å². The highest BCUT2D eigenvalue weighted by atomic mass is 79.9. The number of thiocarbonyl (C=S) groups is 1. The number of hydrogen-bond acceptors (Lipinski definition) is 5. The molecular weight excluding hydrogens is 611 g/mol. The third-order valence-electron chi connectivity index (χ3n) is 5.15. The Balaban J connectivity index is 1.60. The molecule has 1 aliphatic rings. The number of carbonyl (C=O) groups excluding carboxylic acids is 1. The molecule has 37 heavy (non-hydrogen) atoms. The highest BCUT2D eigenvalue weighted by Crippen LogP contribution is 2.41. The average Bonchev–Trinajstić information content (AvgIpc) is 3.12. The lowest BCUT2D eigenvalue weighted by Gasteiger charge is -2.16. The summed E-state index contributed by atoms with van der Waals surface area (Å²) in [6.45, 7) is 2.50. The van der Waals surface area contributed by atoms with Gasteiger partial charge in [-0.1, -0.05) is 53.8 Å². The van der Waals surface area contributed by atoms with E-state index in [1.54, 1.807) is 30.3 Å². The van der Waals surface area contributed by atoms with E-state index in [2.05, 4.69) is 15.9 Å². The van der Waals surface area contributed by atoms with Crippen LogP contribution < -0.4 is 14.4 Å². The SMILES string of the molecule is CCOc1cc(/C=C2\SC(=S)N(c3cccc(C(F)(F)F)c3)C2=O)cc(Br)c1OCc1ccc(Cl)cc1. The minimum atomic E-state index is -4.54. The van der Waals surface area contributed by atoms with Crippen LogP contribution in [0.1, 0.15) is 23.6 Å². The van der Waals surface area contributed by atoms with Crippen LogP contribution in [0.3, 0.4) is 0 Å². The van der Waals surface area contributed by atoms with E-state index < -0.39 is 17.6 Å². The van der Waals surface area contributed by atoms with Crippen LogP contribution in [0.5, 0.6) is 11.5 Å². The first-order valence-corrected chi connectivity index (χ1v) is 13.2. The molecule has 1 aliphatic heterocycles. The van der Waals surface area contributed by atoms with E-state index in [4.69, 9.17) is 33.3 Å². The molecule has 1 fully saturated rings. The summed E-state index contributed by atoms with van der Waals surface area (Å²) in [7, 11) is 0. The van der Waals surface area contributed by atoms with Gasteiger partial charge in [-0.05, 0) is 82.5 Å². The maximum Gasteiger partial charge on any atom is 0.416 e. The molecule has 0 aliphatic carbocycles. The smallest absolute Gasteiger partial charge is 0.416 e. The molecule has 0 N–H and O–H groups in total. The number of benzene rings is 3. The van der Waals surface area contributed by atoms with Gasteiger partial charge in [-0.2, -0.15) is 13.2 Å². The highest BCUT2D eigenvalue weighted by Gasteiger charge is 2.36. The lowest BCUT2D eigenvalue weighted by molar-refractivity contribution is -0.137. The Morgan fingerprint density at radius 1 is 1.11 bits per heavy atom. The molecule has 0 spiro atoms. The molecule has 3 aromatic rings. The zero-order chi connectivity index (χ0) is 26.7. The van der Waals surface area contributed by atoms with Gasteiger partial charge in [0, 0.05) is 5.02 Å². The fourth-order valence-corrected chi connectivity index (χ4v) is 5.47. The van der Waals surface area contributed by atoms with Gasteiger partial charge in [0.2, 0.25) is 0 Å². The van der Waals surface area contributed by atoms with Gasteiger partial charge in [0.1, 0.15) is 6.61 Å². The number of halogens is 5. The maximum absolute atomic E-state index is 13.2. The summed E-state index contributed by atoms with van der Waals surface area (Å²) in [5.74, 6) is 0.447.